The van der Waals surface area contributed by atoms with Gasteiger partial charge in [0.1, 0.15) is 0 Å². The molecular formula is C12H15F3N2O. The first kappa shape index (κ1) is 14.5. The molecule has 0 aliphatic heterocycles. The molecule has 1 amide bonds. The minimum Gasteiger partial charge on any atom is -0.355 e. The van der Waals surface area contributed by atoms with Gasteiger partial charge in [0.2, 0.25) is 5.91 Å². The smallest absolute Gasteiger partial charge is 0.355 e. The van der Waals surface area contributed by atoms with E-state index in [0.29, 0.717) is 13.0 Å². The second-order valence-corrected chi connectivity index (χ2v) is 3.80. The van der Waals surface area contributed by atoms with Crippen LogP contribution in [0.3, 0.4) is 0 Å². The van der Waals surface area contributed by atoms with Crippen LogP contribution >= 0.6 is 0 Å². The molecule has 0 bridgehead atoms. The minimum absolute atomic E-state index is 0.325. The molecule has 0 spiro atoms. The largest absolute Gasteiger partial charge is 0.401 e. The standard InChI is InChI=1S/C12H15F3N2O/c13-12(14,15)9-16-8-11(18)17-7-6-10-4-2-1-3-5-10/h1-5,16H,6-9H2,(H,17,18). The van der Waals surface area contributed by atoms with Crippen molar-refractivity contribution < 1.29 is 18.0 Å². The normalized spacial score (nSPS) is 11.3. The van der Waals surface area contributed by atoms with Crippen molar-refractivity contribution in [3.63, 3.8) is 0 Å². The molecule has 1 aromatic rings. The summed E-state index contributed by atoms with van der Waals surface area (Å²) in [5.41, 5.74) is 1.07. The third-order valence-corrected chi connectivity index (χ3v) is 2.19. The number of benzene rings is 1. The molecule has 1 rings (SSSR count). The first-order chi connectivity index (χ1) is 8.47. The zero-order valence-corrected chi connectivity index (χ0v) is 9.76. The Kier molecular flexibility index (Phi) is 5.64. The molecular weight excluding hydrogens is 245 g/mol. The maximum absolute atomic E-state index is 11.8. The lowest BCUT2D eigenvalue weighted by molar-refractivity contribution is -0.128. The highest BCUT2D eigenvalue weighted by atomic mass is 19.4. The third-order valence-electron chi connectivity index (χ3n) is 2.19. The number of nitrogens with one attached hydrogen (secondary N) is 2. The number of hydrogen-bond acceptors (Lipinski definition) is 2. The fourth-order valence-corrected chi connectivity index (χ4v) is 1.37. The van der Waals surface area contributed by atoms with Crippen molar-refractivity contribution in [1.29, 1.82) is 0 Å². The molecule has 0 heterocycles. The summed E-state index contributed by atoms with van der Waals surface area (Å²) in [6.45, 7) is -1.07. The van der Waals surface area contributed by atoms with E-state index in [1.54, 1.807) is 0 Å². The quantitative estimate of drug-likeness (QED) is 0.813. The highest BCUT2D eigenvalue weighted by molar-refractivity contribution is 5.77. The van der Waals surface area contributed by atoms with E-state index < -0.39 is 18.6 Å². The number of hydrogen-bond donors (Lipinski definition) is 2. The number of rotatable bonds is 6. The average Bonchev–Trinajstić information content (AvgIpc) is 2.28. The molecule has 0 aliphatic carbocycles. The SMILES string of the molecule is O=C(CNCC(F)(F)F)NCCc1ccccc1. The molecule has 2 N–H and O–H groups in total. The Balaban J connectivity index is 2.11. The van der Waals surface area contributed by atoms with Gasteiger partial charge in [-0.2, -0.15) is 13.2 Å². The van der Waals surface area contributed by atoms with Crippen molar-refractivity contribution in [3.05, 3.63) is 35.9 Å². The third kappa shape index (κ3) is 6.90. The number of carbonyl (C=O) groups excluding carboxylic acids is 1. The van der Waals surface area contributed by atoms with E-state index in [2.05, 4.69) is 5.32 Å². The van der Waals surface area contributed by atoms with Crippen LogP contribution < -0.4 is 10.6 Å². The summed E-state index contributed by atoms with van der Waals surface area (Å²) in [6, 6.07) is 9.52. The molecule has 0 unspecified atom stereocenters. The molecule has 0 saturated carbocycles. The molecule has 0 aliphatic rings. The zero-order chi connectivity index (χ0) is 13.4. The second kappa shape index (κ2) is 7.00. The predicted molar refractivity (Wildman–Crippen MR) is 62.1 cm³/mol. The van der Waals surface area contributed by atoms with Crippen LogP contribution in [0.15, 0.2) is 30.3 Å². The second-order valence-electron chi connectivity index (χ2n) is 3.80. The summed E-state index contributed by atoms with van der Waals surface area (Å²) in [7, 11) is 0. The number of halogens is 3. The summed E-state index contributed by atoms with van der Waals surface area (Å²) in [4.78, 5) is 11.2. The molecule has 0 aromatic heterocycles. The van der Waals surface area contributed by atoms with Gasteiger partial charge in [-0.05, 0) is 12.0 Å². The van der Waals surface area contributed by atoms with Crippen molar-refractivity contribution in [2.45, 2.75) is 12.6 Å². The molecule has 100 valence electrons. The van der Waals surface area contributed by atoms with Crippen molar-refractivity contribution in [1.82, 2.24) is 10.6 Å². The van der Waals surface area contributed by atoms with Gasteiger partial charge in [-0.15, -0.1) is 0 Å². The van der Waals surface area contributed by atoms with Crippen LogP contribution in [-0.2, 0) is 11.2 Å². The highest BCUT2D eigenvalue weighted by Gasteiger charge is 2.26. The maximum atomic E-state index is 11.8. The van der Waals surface area contributed by atoms with Gasteiger partial charge >= 0.3 is 6.18 Å². The Labute approximate surface area is 103 Å². The first-order valence-corrected chi connectivity index (χ1v) is 5.55. The van der Waals surface area contributed by atoms with Gasteiger partial charge in [-0.1, -0.05) is 30.3 Å². The summed E-state index contributed by atoms with van der Waals surface area (Å²) >= 11 is 0. The average molecular weight is 260 g/mol. The van der Waals surface area contributed by atoms with Crippen LogP contribution in [0.4, 0.5) is 13.2 Å². The van der Waals surface area contributed by atoms with E-state index in [-0.39, 0.29) is 6.54 Å². The Morgan fingerprint density at radius 1 is 1.17 bits per heavy atom. The van der Waals surface area contributed by atoms with E-state index >= 15 is 0 Å². The summed E-state index contributed by atoms with van der Waals surface area (Å²) in [5, 5.41) is 4.59. The lowest BCUT2D eigenvalue weighted by Gasteiger charge is -2.08. The van der Waals surface area contributed by atoms with Crippen LogP contribution in [0.1, 0.15) is 5.56 Å². The van der Waals surface area contributed by atoms with Gasteiger partial charge in [-0.3, -0.25) is 4.79 Å². The Morgan fingerprint density at radius 3 is 2.44 bits per heavy atom. The van der Waals surface area contributed by atoms with Crippen LogP contribution in [0.5, 0.6) is 0 Å². The van der Waals surface area contributed by atoms with Gasteiger partial charge < -0.3 is 10.6 Å². The van der Waals surface area contributed by atoms with E-state index in [1.165, 1.54) is 0 Å². The van der Waals surface area contributed by atoms with E-state index in [9.17, 15) is 18.0 Å². The molecule has 0 radical (unpaired) electrons. The van der Waals surface area contributed by atoms with Crippen molar-refractivity contribution in [2.75, 3.05) is 19.6 Å². The van der Waals surface area contributed by atoms with Crippen LogP contribution in [0.25, 0.3) is 0 Å². The molecule has 1 aromatic carbocycles. The van der Waals surface area contributed by atoms with E-state index in [0.717, 1.165) is 5.56 Å². The van der Waals surface area contributed by atoms with E-state index in [4.69, 9.17) is 0 Å². The Bertz CT molecular complexity index is 365. The molecule has 0 fully saturated rings. The monoisotopic (exact) mass is 260 g/mol. The molecule has 0 saturated heterocycles. The Hall–Kier alpha value is -1.56. The van der Waals surface area contributed by atoms with Crippen LogP contribution in [-0.4, -0.2) is 31.7 Å². The first-order valence-electron chi connectivity index (χ1n) is 5.55. The fourth-order valence-electron chi connectivity index (χ4n) is 1.37. The molecule has 3 nitrogen and oxygen atoms in total. The van der Waals surface area contributed by atoms with Crippen molar-refractivity contribution in [3.8, 4) is 0 Å². The molecule has 18 heavy (non-hydrogen) atoms. The van der Waals surface area contributed by atoms with Crippen LogP contribution in [0, 0.1) is 0 Å². The molecule has 6 heteroatoms. The summed E-state index contributed by atoms with van der Waals surface area (Å²) < 4.78 is 35.4. The van der Waals surface area contributed by atoms with Gasteiger partial charge in [0.25, 0.3) is 0 Å². The highest BCUT2D eigenvalue weighted by Crippen LogP contribution is 2.11. The number of alkyl halides is 3. The minimum atomic E-state index is -4.29. The molecule has 0 atom stereocenters. The summed E-state index contributed by atoms with van der Waals surface area (Å²) in [6.07, 6.45) is -3.63. The lowest BCUT2D eigenvalue weighted by atomic mass is 10.1. The fraction of sp³-hybridized carbons (Fsp3) is 0.417. The van der Waals surface area contributed by atoms with Gasteiger partial charge in [0.05, 0.1) is 13.1 Å². The van der Waals surface area contributed by atoms with Crippen molar-refractivity contribution >= 4 is 5.91 Å². The Morgan fingerprint density at radius 2 is 1.83 bits per heavy atom. The van der Waals surface area contributed by atoms with E-state index in [1.807, 2.05) is 35.6 Å². The predicted octanol–water partition coefficient (Wildman–Crippen LogP) is 1.50. The van der Waals surface area contributed by atoms with Gasteiger partial charge in [0, 0.05) is 6.54 Å². The van der Waals surface area contributed by atoms with Gasteiger partial charge in [-0.25, -0.2) is 0 Å². The van der Waals surface area contributed by atoms with Crippen LogP contribution in [0.2, 0.25) is 0 Å². The number of carbonyl (C=O) groups is 1. The van der Waals surface area contributed by atoms with Crippen molar-refractivity contribution in [2.24, 2.45) is 0 Å². The zero-order valence-electron chi connectivity index (χ0n) is 9.76. The number of amides is 1. The summed E-state index contributed by atoms with van der Waals surface area (Å²) in [5.74, 6) is -0.435. The topological polar surface area (TPSA) is 41.1 Å². The lowest BCUT2D eigenvalue weighted by Crippen LogP contribution is -2.38. The van der Waals surface area contributed by atoms with Gasteiger partial charge in [0.15, 0.2) is 0 Å². The maximum Gasteiger partial charge on any atom is 0.401 e.